The van der Waals surface area contributed by atoms with Crippen LogP contribution in [-0.2, 0) is 24.3 Å². The Morgan fingerprint density at radius 3 is 2.85 bits per heavy atom. The van der Waals surface area contributed by atoms with Crippen molar-refractivity contribution in [1.82, 2.24) is 19.2 Å². The van der Waals surface area contributed by atoms with E-state index in [2.05, 4.69) is 10.1 Å². The number of aromatic nitrogens is 4. The number of rotatable bonds is 5. The second-order valence-corrected chi connectivity index (χ2v) is 7.09. The Balaban J connectivity index is 1.60. The zero-order chi connectivity index (χ0) is 19.0. The molecule has 4 rings (SSSR count). The lowest BCUT2D eigenvalue weighted by molar-refractivity contribution is 0.0470. The van der Waals surface area contributed by atoms with Crippen LogP contribution in [0.25, 0.3) is 15.9 Å². The van der Waals surface area contributed by atoms with Gasteiger partial charge >= 0.3 is 5.97 Å². The van der Waals surface area contributed by atoms with Crippen LogP contribution in [0, 0.1) is 0 Å². The van der Waals surface area contributed by atoms with Gasteiger partial charge in [0, 0.05) is 29.7 Å². The predicted octanol–water partition coefficient (Wildman–Crippen LogP) is 3.05. The molecule has 0 N–H and O–H groups in total. The van der Waals surface area contributed by atoms with Gasteiger partial charge in [0.25, 0.3) is 5.56 Å². The van der Waals surface area contributed by atoms with E-state index in [9.17, 15) is 9.59 Å². The first-order valence-corrected chi connectivity index (χ1v) is 9.56. The first-order valence-electron chi connectivity index (χ1n) is 8.74. The number of esters is 1. The third-order valence-corrected chi connectivity index (χ3v) is 5.40. The number of fused-ring (bicyclic) bond motifs is 2. The van der Waals surface area contributed by atoms with Gasteiger partial charge in [-0.15, -0.1) is 0 Å². The number of ether oxygens (including phenoxy) is 1. The Morgan fingerprint density at radius 2 is 2.07 bits per heavy atom. The summed E-state index contributed by atoms with van der Waals surface area (Å²) >= 11 is 1.36. The first-order chi connectivity index (χ1) is 13.1. The molecule has 0 spiro atoms. The third-order valence-electron chi connectivity index (χ3n) is 4.34. The van der Waals surface area contributed by atoms with Crippen molar-refractivity contribution in [1.29, 1.82) is 0 Å². The fraction of sp³-hybridized carbons (Fsp3) is 0.263. The molecule has 0 unspecified atom stereocenters. The number of hydrogen-bond acceptors (Lipinski definition) is 6. The van der Waals surface area contributed by atoms with Crippen LogP contribution in [0.1, 0.15) is 34.9 Å². The van der Waals surface area contributed by atoms with Crippen molar-refractivity contribution < 1.29 is 9.53 Å². The topological polar surface area (TPSA) is 78.5 Å². The SMILES string of the molecule is CCc1nn2c(=O)cc(COC(=O)c3cn(CC)c4ccccc34)nc2s1. The maximum Gasteiger partial charge on any atom is 0.340 e. The van der Waals surface area contributed by atoms with E-state index < -0.39 is 5.97 Å². The highest BCUT2D eigenvalue weighted by molar-refractivity contribution is 7.16. The van der Waals surface area contributed by atoms with Crippen LogP contribution in [0.4, 0.5) is 0 Å². The smallest absolute Gasteiger partial charge is 0.340 e. The summed E-state index contributed by atoms with van der Waals surface area (Å²) in [6.07, 6.45) is 2.54. The van der Waals surface area contributed by atoms with Crippen molar-refractivity contribution in [3.05, 3.63) is 63.1 Å². The maximum atomic E-state index is 12.6. The zero-order valence-electron chi connectivity index (χ0n) is 15.0. The molecule has 1 aromatic carbocycles. The lowest BCUT2D eigenvalue weighted by Gasteiger charge is -2.03. The molecule has 8 heteroatoms. The normalized spacial score (nSPS) is 11.3. The first kappa shape index (κ1) is 17.4. The molecule has 0 atom stereocenters. The minimum Gasteiger partial charge on any atom is -0.456 e. The Morgan fingerprint density at radius 1 is 1.26 bits per heavy atom. The summed E-state index contributed by atoms with van der Waals surface area (Å²) in [5, 5.41) is 5.89. The van der Waals surface area contributed by atoms with E-state index in [1.165, 1.54) is 21.9 Å². The molecule has 0 bridgehead atoms. The molecule has 0 amide bonds. The number of benzene rings is 1. The molecule has 3 heterocycles. The van der Waals surface area contributed by atoms with Gasteiger partial charge in [0.05, 0.1) is 11.3 Å². The Hall–Kier alpha value is -3.00. The molecule has 7 nitrogen and oxygen atoms in total. The molecule has 0 saturated heterocycles. The molecule has 3 aromatic heterocycles. The minimum absolute atomic E-state index is 0.0600. The molecule has 138 valence electrons. The van der Waals surface area contributed by atoms with E-state index >= 15 is 0 Å². The molecule has 0 aliphatic heterocycles. The van der Waals surface area contributed by atoms with Crippen LogP contribution in [0.2, 0.25) is 0 Å². The van der Waals surface area contributed by atoms with Gasteiger partial charge in [-0.05, 0) is 19.4 Å². The fourth-order valence-corrected chi connectivity index (χ4v) is 3.86. The second kappa shape index (κ2) is 6.96. The van der Waals surface area contributed by atoms with Gasteiger partial charge in [0.1, 0.15) is 11.6 Å². The zero-order valence-corrected chi connectivity index (χ0v) is 15.8. The van der Waals surface area contributed by atoms with Crippen molar-refractivity contribution >= 4 is 33.2 Å². The number of carbonyl (C=O) groups is 1. The lowest BCUT2D eigenvalue weighted by atomic mass is 10.2. The molecular weight excluding hydrogens is 364 g/mol. The summed E-state index contributed by atoms with van der Waals surface area (Å²) in [4.78, 5) is 29.7. The average molecular weight is 382 g/mol. The van der Waals surface area contributed by atoms with Crippen molar-refractivity contribution in [2.24, 2.45) is 0 Å². The van der Waals surface area contributed by atoms with Crippen molar-refractivity contribution in [2.75, 3.05) is 0 Å². The van der Waals surface area contributed by atoms with Crippen molar-refractivity contribution in [3.63, 3.8) is 0 Å². The van der Waals surface area contributed by atoms with Crippen LogP contribution in [-0.4, -0.2) is 25.1 Å². The standard InChI is InChI=1S/C19H18N4O3S/c1-3-16-21-23-17(24)9-12(20-19(23)27-16)11-26-18(25)14-10-22(4-2)15-8-6-5-7-13(14)15/h5-10H,3-4,11H2,1-2H3. The summed E-state index contributed by atoms with van der Waals surface area (Å²) in [6, 6.07) is 9.06. The van der Waals surface area contributed by atoms with Crippen LogP contribution >= 0.6 is 11.3 Å². The molecule has 0 saturated carbocycles. The molecule has 0 fully saturated rings. The molecule has 4 aromatic rings. The predicted molar refractivity (Wildman–Crippen MR) is 103 cm³/mol. The van der Waals surface area contributed by atoms with Gasteiger partial charge in [-0.3, -0.25) is 4.79 Å². The maximum absolute atomic E-state index is 12.6. The summed E-state index contributed by atoms with van der Waals surface area (Å²) < 4.78 is 8.73. The summed E-state index contributed by atoms with van der Waals surface area (Å²) in [5.41, 5.74) is 1.64. The highest BCUT2D eigenvalue weighted by atomic mass is 32.1. The van der Waals surface area contributed by atoms with Gasteiger partial charge in [-0.1, -0.05) is 36.5 Å². The highest BCUT2D eigenvalue weighted by Crippen LogP contribution is 2.22. The van der Waals surface area contributed by atoms with E-state index in [-0.39, 0.29) is 12.2 Å². The number of nitrogens with zero attached hydrogens (tertiary/aromatic N) is 4. The van der Waals surface area contributed by atoms with Crippen LogP contribution in [0.5, 0.6) is 0 Å². The summed E-state index contributed by atoms with van der Waals surface area (Å²) in [5.74, 6) is -0.432. The Kier molecular flexibility index (Phi) is 4.49. The summed E-state index contributed by atoms with van der Waals surface area (Å²) in [6.45, 7) is 4.69. The van der Waals surface area contributed by atoms with E-state index in [1.807, 2.05) is 42.7 Å². The third kappa shape index (κ3) is 3.12. The van der Waals surface area contributed by atoms with Crippen LogP contribution < -0.4 is 5.56 Å². The van der Waals surface area contributed by atoms with E-state index in [0.717, 1.165) is 28.9 Å². The van der Waals surface area contributed by atoms with Gasteiger partial charge in [-0.2, -0.15) is 9.61 Å². The van der Waals surface area contributed by atoms with Gasteiger partial charge < -0.3 is 9.30 Å². The average Bonchev–Trinajstić information content (AvgIpc) is 3.27. The number of aryl methyl sites for hydroxylation is 2. The van der Waals surface area contributed by atoms with Crippen molar-refractivity contribution in [3.8, 4) is 0 Å². The number of para-hydroxylation sites is 1. The highest BCUT2D eigenvalue weighted by Gasteiger charge is 2.16. The second-order valence-electron chi connectivity index (χ2n) is 6.05. The fourth-order valence-electron chi connectivity index (χ4n) is 3.00. The van der Waals surface area contributed by atoms with E-state index in [1.54, 1.807) is 6.20 Å². The van der Waals surface area contributed by atoms with E-state index in [4.69, 9.17) is 4.74 Å². The monoisotopic (exact) mass is 382 g/mol. The quantitative estimate of drug-likeness (QED) is 0.496. The Labute approximate surface area is 158 Å². The molecule has 0 aliphatic carbocycles. The van der Waals surface area contributed by atoms with Gasteiger partial charge in [-0.25, -0.2) is 9.78 Å². The molecular formula is C19H18N4O3S. The van der Waals surface area contributed by atoms with Crippen molar-refractivity contribution in [2.45, 2.75) is 33.4 Å². The minimum atomic E-state index is -0.432. The lowest BCUT2D eigenvalue weighted by Crippen LogP contribution is -2.16. The number of carbonyl (C=O) groups excluding carboxylic acids is 1. The molecule has 0 radical (unpaired) electrons. The molecule has 27 heavy (non-hydrogen) atoms. The molecule has 0 aliphatic rings. The van der Waals surface area contributed by atoms with Crippen LogP contribution in [0.15, 0.2) is 41.3 Å². The van der Waals surface area contributed by atoms with Gasteiger partial charge in [0.2, 0.25) is 4.96 Å². The summed E-state index contributed by atoms with van der Waals surface area (Å²) in [7, 11) is 0. The van der Waals surface area contributed by atoms with E-state index in [0.29, 0.717) is 16.2 Å². The Bertz CT molecular complexity index is 1200. The largest absolute Gasteiger partial charge is 0.456 e. The van der Waals surface area contributed by atoms with Gasteiger partial charge in [0.15, 0.2) is 0 Å². The van der Waals surface area contributed by atoms with Crippen LogP contribution in [0.3, 0.4) is 0 Å². The number of hydrogen-bond donors (Lipinski definition) is 0.